The quantitative estimate of drug-likeness (QED) is 0.621. The first-order valence-corrected chi connectivity index (χ1v) is 28.1. The first kappa shape index (κ1) is 15.9. The molecule has 0 bridgehead atoms. The van der Waals surface area contributed by atoms with E-state index in [1.165, 1.54) is 0 Å². The van der Waals surface area contributed by atoms with Crippen LogP contribution in [0.15, 0.2) is 0 Å². The molecule has 0 saturated heterocycles. The second-order valence-corrected chi connectivity index (χ2v) is 58.2. The summed E-state index contributed by atoms with van der Waals surface area (Å²) >= 11 is 2.59. The number of nitrogens with two attached hydrogens (primary N) is 1. The summed E-state index contributed by atoms with van der Waals surface area (Å²) < 4.78 is 0. The summed E-state index contributed by atoms with van der Waals surface area (Å²) in [5, 5.41) is 6.24. The fourth-order valence-corrected chi connectivity index (χ4v) is 128. The first-order chi connectivity index (χ1) is 6.29. The molecule has 2 N–H and O–H groups in total. The third-order valence-corrected chi connectivity index (χ3v) is 96.5. The number of hydrogen-bond donors (Lipinski definition) is 1. The zero-order chi connectivity index (χ0) is 11.5. The minimum atomic E-state index is -0.678. The molecule has 0 aliphatic carbocycles. The van der Waals surface area contributed by atoms with Gasteiger partial charge in [0.25, 0.3) is 0 Å². The van der Waals surface area contributed by atoms with Crippen LogP contribution in [-0.2, 0) is 0 Å². The van der Waals surface area contributed by atoms with Crippen molar-refractivity contribution in [2.45, 2.75) is 39.3 Å². The van der Waals surface area contributed by atoms with Crippen molar-refractivity contribution in [3.63, 3.8) is 0 Å². The minimum absolute atomic E-state index is 0.184. The molecule has 0 radical (unpaired) electrons. The third kappa shape index (κ3) is 4.80. The van der Waals surface area contributed by atoms with Crippen LogP contribution in [0, 0.1) is 0 Å². The average Bonchev–Trinajstić information content (AvgIpc) is 2.12. The van der Waals surface area contributed by atoms with Crippen molar-refractivity contribution < 1.29 is 0 Å². The van der Waals surface area contributed by atoms with Crippen molar-refractivity contribution in [1.82, 2.24) is 0 Å². The Labute approximate surface area is 107 Å². The Hall–Kier alpha value is 1.86. The van der Waals surface area contributed by atoms with Crippen LogP contribution in [0.2, 0.25) is 39.3 Å². The van der Waals surface area contributed by atoms with Crippen LogP contribution in [0.5, 0.6) is 0 Å². The maximum absolute atomic E-state index is 6.24. The van der Waals surface area contributed by atoms with E-state index in [9.17, 15) is 0 Å². The van der Waals surface area contributed by atoms with E-state index in [1.807, 2.05) is 0 Å². The molecule has 0 saturated carbocycles. The standard InChI is InChI=1S/C6H26NSi6.Li/c1-8-10(3)12(5)13(6)11(4)9(2)7;/h8-13H,7H2,1-6H3;. The molecule has 0 aromatic heterocycles. The van der Waals surface area contributed by atoms with Crippen LogP contribution in [0.3, 0.4) is 0 Å². The Morgan fingerprint density at radius 3 is 1.36 bits per heavy atom. The molecular weight excluding hydrogens is 262 g/mol. The second kappa shape index (κ2) is 7.24. The molecule has 0 rings (SSSR count). The van der Waals surface area contributed by atoms with Gasteiger partial charge in [0.05, 0.1) is 0 Å². The van der Waals surface area contributed by atoms with E-state index in [1.54, 1.807) is 0 Å². The average molecular weight is 288 g/mol. The van der Waals surface area contributed by atoms with Gasteiger partial charge in [0, 0.05) is 0 Å². The number of hydrogen-bond acceptors (Lipinski definition) is 1. The zero-order valence-corrected chi connectivity index (χ0v) is 18.0. The molecule has 0 spiro atoms. The van der Waals surface area contributed by atoms with Crippen LogP contribution in [-0.4, -0.2) is 63.5 Å². The van der Waals surface area contributed by atoms with Gasteiger partial charge in [0.2, 0.25) is 0 Å². The van der Waals surface area contributed by atoms with Gasteiger partial charge in [0.15, 0.2) is 0 Å². The van der Waals surface area contributed by atoms with Crippen molar-refractivity contribution in [2.24, 2.45) is 5.40 Å². The Balaban J connectivity index is 4.30. The number of rotatable bonds is 5. The Morgan fingerprint density at radius 2 is 1.07 bits per heavy atom. The monoisotopic (exact) mass is 287 g/mol. The van der Waals surface area contributed by atoms with E-state index in [0.717, 1.165) is 0 Å². The Kier molecular flexibility index (Phi) is 8.20. The molecule has 0 aromatic rings. The van der Waals surface area contributed by atoms with E-state index in [4.69, 9.17) is 5.40 Å². The van der Waals surface area contributed by atoms with Gasteiger partial charge in [-0.15, -0.1) is 0 Å². The van der Waals surface area contributed by atoms with Crippen LogP contribution < -0.4 is 5.40 Å². The van der Waals surface area contributed by atoms with Crippen LogP contribution >= 0.6 is 0 Å². The Morgan fingerprint density at radius 1 is 0.714 bits per heavy atom. The second-order valence-electron chi connectivity index (χ2n) is 5.54. The summed E-state index contributed by atoms with van der Waals surface area (Å²) in [6.45, 7) is 15.5. The van der Waals surface area contributed by atoms with Crippen molar-refractivity contribution in [1.29, 1.82) is 0 Å². The molecule has 0 aliphatic rings. The summed E-state index contributed by atoms with van der Waals surface area (Å²) in [5.41, 5.74) is 0. The molecule has 0 heterocycles. The predicted molar refractivity (Wildman–Crippen MR) is 88.0 cm³/mol. The normalized spacial score (nSPS) is 24.9. The van der Waals surface area contributed by atoms with Gasteiger partial charge < -0.3 is 0 Å². The van der Waals surface area contributed by atoms with Gasteiger partial charge >= 0.3 is 108 Å². The van der Waals surface area contributed by atoms with Crippen LogP contribution in [0.4, 0.5) is 0 Å². The fourth-order valence-electron chi connectivity index (χ4n) is 2.04. The summed E-state index contributed by atoms with van der Waals surface area (Å²) in [6.07, 6.45) is 0. The van der Waals surface area contributed by atoms with Gasteiger partial charge in [-0.05, 0) is 0 Å². The predicted octanol–water partition coefficient (Wildman–Crippen LogP) is -1.36. The molecule has 1 nitrogen and oxygen atoms in total. The molecule has 80 valence electrons. The van der Waals surface area contributed by atoms with Crippen LogP contribution in [0.25, 0.3) is 0 Å². The van der Waals surface area contributed by atoms with E-state index in [0.29, 0.717) is 0 Å². The summed E-state index contributed by atoms with van der Waals surface area (Å²) in [5.74, 6) is 0. The molecule has 0 aliphatic heterocycles. The summed E-state index contributed by atoms with van der Waals surface area (Å²) in [6, 6.07) is 0. The fraction of sp³-hybridized carbons (Fsp3) is 1.00. The zero-order valence-electron chi connectivity index (χ0n) is 11.0. The molecule has 14 heavy (non-hydrogen) atoms. The Bertz CT molecular complexity index is 150. The molecule has 8 heteroatoms. The van der Waals surface area contributed by atoms with E-state index >= 15 is 0 Å². The molecule has 0 amide bonds. The van der Waals surface area contributed by atoms with E-state index in [2.05, 4.69) is 56.3 Å². The van der Waals surface area contributed by atoms with E-state index < -0.39 is 8.48 Å². The van der Waals surface area contributed by atoms with Gasteiger partial charge in [-0.1, -0.05) is 0 Å². The van der Waals surface area contributed by atoms with Crippen molar-refractivity contribution >= 4 is 63.5 Å². The van der Waals surface area contributed by atoms with Gasteiger partial charge in [-0.25, -0.2) is 0 Å². The molecule has 6 unspecified atom stereocenters. The van der Waals surface area contributed by atoms with E-state index in [-0.39, 0.29) is 38.0 Å². The molecular formula is C6H26LiNSi6. The summed E-state index contributed by atoms with van der Waals surface area (Å²) in [4.78, 5) is 0. The maximum atomic E-state index is 6.24. The third-order valence-electron chi connectivity index (χ3n) is 4.37. The van der Waals surface area contributed by atoms with Crippen LogP contribution in [0.1, 0.15) is 0 Å². The van der Waals surface area contributed by atoms with Crippen molar-refractivity contribution in [2.75, 3.05) is 0 Å². The SMILES string of the molecule is [Li][SiH](C)[SiH](C)[SiH](C)[SiH](C)[SiH](C)[SiH](C)N. The van der Waals surface area contributed by atoms with Crippen molar-refractivity contribution in [3.05, 3.63) is 0 Å². The first-order valence-electron chi connectivity index (χ1n) is 6.04. The van der Waals surface area contributed by atoms with Gasteiger partial charge in [-0.3, -0.25) is 0 Å². The van der Waals surface area contributed by atoms with Gasteiger partial charge in [0.1, 0.15) is 0 Å². The van der Waals surface area contributed by atoms with Gasteiger partial charge in [-0.2, -0.15) is 0 Å². The topological polar surface area (TPSA) is 26.0 Å². The summed E-state index contributed by atoms with van der Waals surface area (Å²) in [7, 11) is -1.67. The van der Waals surface area contributed by atoms with Crippen molar-refractivity contribution in [3.8, 4) is 0 Å². The molecule has 0 aromatic carbocycles. The molecule has 0 fully saturated rings. The molecule has 6 atom stereocenters.